The molecule has 1 aliphatic carbocycles. The van der Waals surface area contributed by atoms with Gasteiger partial charge in [0.1, 0.15) is 0 Å². The molecule has 0 aromatic carbocycles. The SMILES string of the molecule is CCOC(=O)N1CCN(C(=O)C2CCC(N)CC2)CC1. The van der Waals surface area contributed by atoms with Crippen LogP contribution in [0.1, 0.15) is 32.6 Å². The zero-order valence-electron chi connectivity index (χ0n) is 12.2. The van der Waals surface area contributed by atoms with E-state index < -0.39 is 0 Å². The zero-order valence-corrected chi connectivity index (χ0v) is 12.2. The molecule has 0 atom stereocenters. The van der Waals surface area contributed by atoms with Crippen LogP contribution in [0.2, 0.25) is 0 Å². The van der Waals surface area contributed by atoms with Gasteiger partial charge in [-0.2, -0.15) is 0 Å². The molecule has 6 nitrogen and oxygen atoms in total. The highest BCUT2D eigenvalue weighted by molar-refractivity contribution is 5.79. The van der Waals surface area contributed by atoms with Crippen LogP contribution in [0.4, 0.5) is 4.79 Å². The molecule has 2 amide bonds. The van der Waals surface area contributed by atoms with Crippen LogP contribution in [0.3, 0.4) is 0 Å². The molecule has 2 fully saturated rings. The summed E-state index contributed by atoms with van der Waals surface area (Å²) in [6, 6.07) is 0.264. The molecule has 0 aromatic heterocycles. The molecule has 6 heteroatoms. The van der Waals surface area contributed by atoms with E-state index >= 15 is 0 Å². The Balaban J connectivity index is 1.78. The molecule has 1 aliphatic heterocycles. The number of hydrogen-bond acceptors (Lipinski definition) is 4. The highest BCUT2D eigenvalue weighted by Crippen LogP contribution is 2.25. The van der Waals surface area contributed by atoms with E-state index in [4.69, 9.17) is 10.5 Å². The maximum absolute atomic E-state index is 12.4. The van der Waals surface area contributed by atoms with Crippen LogP contribution in [0.15, 0.2) is 0 Å². The van der Waals surface area contributed by atoms with Crippen LogP contribution in [-0.4, -0.2) is 60.6 Å². The second-order valence-electron chi connectivity index (χ2n) is 5.62. The number of piperazine rings is 1. The molecule has 2 rings (SSSR count). The van der Waals surface area contributed by atoms with Gasteiger partial charge in [0.25, 0.3) is 0 Å². The van der Waals surface area contributed by atoms with E-state index in [0.29, 0.717) is 32.8 Å². The van der Waals surface area contributed by atoms with Crippen LogP contribution in [0, 0.1) is 5.92 Å². The van der Waals surface area contributed by atoms with Gasteiger partial charge in [-0.3, -0.25) is 4.79 Å². The maximum atomic E-state index is 12.4. The van der Waals surface area contributed by atoms with Gasteiger partial charge in [-0.15, -0.1) is 0 Å². The first-order chi connectivity index (χ1) is 9.61. The van der Waals surface area contributed by atoms with Crippen LogP contribution < -0.4 is 5.73 Å². The number of nitrogens with zero attached hydrogens (tertiary/aromatic N) is 2. The Bertz CT molecular complexity index is 346. The van der Waals surface area contributed by atoms with Crippen LogP contribution >= 0.6 is 0 Å². The molecule has 1 saturated carbocycles. The fraction of sp³-hybridized carbons (Fsp3) is 0.857. The lowest BCUT2D eigenvalue weighted by molar-refractivity contribution is -0.138. The monoisotopic (exact) mass is 283 g/mol. The Morgan fingerprint density at radius 2 is 1.60 bits per heavy atom. The van der Waals surface area contributed by atoms with Gasteiger partial charge in [0.15, 0.2) is 0 Å². The Kier molecular flexibility index (Phi) is 5.23. The summed E-state index contributed by atoms with van der Waals surface area (Å²) in [7, 11) is 0. The fourth-order valence-corrected chi connectivity index (χ4v) is 2.95. The highest BCUT2D eigenvalue weighted by Gasteiger charge is 2.31. The highest BCUT2D eigenvalue weighted by atomic mass is 16.6. The second-order valence-corrected chi connectivity index (χ2v) is 5.62. The number of ether oxygens (including phenoxy) is 1. The molecule has 2 aliphatic rings. The van der Waals surface area contributed by atoms with Gasteiger partial charge >= 0.3 is 6.09 Å². The van der Waals surface area contributed by atoms with Crippen molar-refractivity contribution >= 4 is 12.0 Å². The summed E-state index contributed by atoms with van der Waals surface area (Å²) in [4.78, 5) is 27.6. The zero-order chi connectivity index (χ0) is 14.5. The lowest BCUT2D eigenvalue weighted by atomic mass is 9.85. The van der Waals surface area contributed by atoms with Crippen molar-refractivity contribution in [3.05, 3.63) is 0 Å². The first-order valence-electron chi connectivity index (χ1n) is 7.58. The van der Waals surface area contributed by atoms with Crippen molar-refractivity contribution in [1.29, 1.82) is 0 Å². The summed E-state index contributed by atoms with van der Waals surface area (Å²) in [5.41, 5.74) is 5.87. The topological polar surface area (TPSA) is 75.9 Å². The lowest BCUT2D eigenvalue weighted by Gasteiger charge is -2.37. The lowest BCUT2D eigenvalue weighted by Crippen LogP contribution is -2.52. The van der Waals surface area contributed by atoms with Crippen LogP contribution in [-0.2, 0) is 9.53 Å². The average Bonchev–Trinajstić information content (AvgIpc) is 2.48. The smallest absolute Gasteiger partial charge is 0.409 e. The predicted octanol–water partition coefficient (Wildman–Crippen LogP) is 0.805. The van der Waals surface area contributed by atoms with Crippen molar-refractivity contribution in [2.24, 2.45) is 11.7 Å². The average molecular weight is 283 g/mol. The van der Waals surface area contributed by atoms with Crippen molar-refractivity contribution in [2.75, 3.05) is 32.8 Å². The predicted molar refractivity (Wildman–Crippen MR) is 75.1 cm³/mol. The van der Waals surface area contributed by atoms with Crippen molar-refractivity contribution < 1.29 is 14.3 Å². The normalized spacial score (nSPS) is 27.3. The maximum Gasteiger partial charge on any atom is 0.409 e. The van der Waals surface area contributed by atoms with Crippen LogP contribution in [0.25, 0.3) is 0 Å². The van der Waals surface area contributed by atoms with Crippen molar-refractivity contribution in [2.45, 2.75) is 38.6 Å². The minimum atomic E-state index is -0.275. The second kappa shape index (κ2) is 6.92. The van der Waals surface area contributed by atoms with Crippen molar-refractivity contribution in [1.82, 2.24) is 9.80 Å². The summed E-state index contributed by atoms with van der Waals surface area (Å²) < 4.78 is 4.97. The number of rotatable bonds is 2. The number of carbonyl (C=O) groups is 2. The summed E-state index contributed by atoms with van der Waals surface area (Å²) >= 11 is 0. The first kappa shape index (κ1) is 15.1. The summed E-state index contributed by atoms with van der Waals surface area (Å²) in [5, 5.41) is 0. The Morgan fingerprint density at radius 3 is 2.15 bits per heavy atom. The molecule has 1 saturated heterocycles. The number of hydrogen-bond donors (Lipinski definition) is 1. The van der Waals surface area contributed by atoms with Gasteiger partial charge in [0.05, 0.1) is 6.61 Å². The van der Waals surface area contributed by atoms with E-state index in [1.807, 2.05) is 4.90 Å². The van der Waals surface area contributed by atoms with Gasteiger partial charge in [-0.25, -0.2) is 4.79 Å². The van der Waals surface area contributed by atoms with E-state index in [9.17, 15) is 9.59 Å². The number of nitrogens with two attached hydrogens (primary N) is 1. The molecule has 0 aromatic rings. The molecular formula is C14H25N3O3. The third-order valence-electron chi connectivity index (χ3n) is 4.24. The van der Waals surface area contributed by atoms with Gasteiger partial charge in [-0.1, -0.05) is 0 Å². The molecule has 20 heavy (non-hydrogen) atoms. The Labute approximate surface area is 120 Å². The summed E-state index contributed by atoms with van der Waals surface area (Å²) in [6.45, 7) is 4.54. The van der Waals surface area contributed by atoms with E-state index in [1.54, 1.807) is 11.8 Å². The van der Waals surface area contributed by atoms with Crippen molar-refractivity contribution in [3.63, 3.8) is 0 Å². The number of carbonyl (C=O) groups excluding carboxylic acids is 2. The Hall–Kier alpha value is -1.30. The van der Waals surface area contributed by atoms with Crippen molar-refractivity contribution in [3.8, 4) is 0 Å². The summed E-state index contributed by atoms with van der Waals surface area (Å²) in [6.07, 6.45) is 3.41. The van der Waals surface area contributed by atoms with Gasteiger partial charge in [-0.05, 0) is 32.6 Å². The molecule has 0 spiro atoms. The molecule has 114 valence electrons. The van der Waals surface area contributed by atoms with Gasteiger partial charge in [0, 0.05) is 38.1 Å². The minimum absolute atomic E-state index is 0.129. The molecule has 1 heterocycles. The van der Waals surface area contributed by atoms with E-state index in [2.05, 4.69) is 0 Å². The first-order valence-corrected chi connectivity index (χ1v) is 7.58. The number of amides is 2. The third kappa shape index (κ3) is 3.62. The van der Waals surface area contributed by atoms with E-state index in [-0.39, 0.29) is 24.0 Å². The van der Waals surface area contributed by atoms with Crippen LogP contribution in [0.5, 0.6) is 0 Å². The van der Waals surface area contributed by atoms with E-state index in [0.717, 1.165) is 25.7 Å². The van der Waals surface area contributed by atoms with Gasteiger partial charge < -0.3 is 20.3 Å². The third-order valence-corrected chi connectivity index (χ3v) is 4.24. The minimum Gasteiger partial charge on any atom is -0.450 e. The van der Waals surface area contributed by atoms with E-state index in [1.165, 1.54) is 0 Å². The molecule has 0 bridgehead atoms. The largest absolute Gasteiger partial charge is 0.450 e. The Morgan fingerprint density at radius 1 is 1.05 bits per heavy atom. The standard InChI is InChI=1S/C14H25N3O3/c1-2-20-14(19)17-9-7-16(8-10-17)13(18)11-3-5-12(15)6-4-11/h11-12H,2-10,15H2,1H3. The molecule has 0 unspecified atom stereocenters. The molecular weight excluding hydrogens is 258 g/mol. The molecule has 2 N–H and O–H groups in total. The quantitative estimate of drug-likeness (QED) is 0.813. The fourth-order valence-electron chi connectivity index (χ4n) is 2.95. The van der Waals surface area contributed by atoms with Gasteiger partial charge in [0.2, 0.25) is 5.91 Å². The summed E-state index contributed by atoms with van der Waals surface area (Å²) in [5.74, 6) is 0.365. The molecule has 0 radical (unpaired) electrons.